The van der Waals surface area contributed by atoms with Gasteiger partial charge in [-0.05, 0) is 49.9 Å². The molecule has 1 fully saturated rings. The summed E-state index contributed by atoms with van der Waals surface area (Å²) in [6.45, 7) is 0. The smallest absolute Gasteiger partial charge is 0.431 e. The van der Waals surface area contributed by atoms with Crippen molar-refractivity contribution in [2.75, 3.05) is 0 Å². The highest BCUT2D eigenvalue weighted by Gasteiger charge is 2.27. The number of hydrogen-bond donors (Lipinski definition) is 0. The second kappa shape index (κ2) is 10.2. The Kier molecular flexibility index (Phi) is 7.16. The summed E-state index contributed by atoms with van der Waals surface area (Å²) in [5.74, 6) is 0.234. The molecule has 0 atom stereocenters. The van der Waals surface area contributed by atoms with E-state index in [1.54, 1.807) is 0 Å². The normalized spacial score (nSPS) is 17.6. The van der Waals surface area contributed by atoms with Gasteiger partial charge in [0.2, 0.25) is 0 Å². The number of benzene rings is 2. The molecule has 0 spiro atoms. The fraction of sp³-hybridized carbons (Fsp3) is 0.300. The molecule has 0 radical (unpaired) electrons. The number of hydrogen-bond acceptors (Lipinski definition) is 10. The maximum Gasteiger partial charge on any atom is 0.514 e. The molecule has 1 saturated carbocycles. The average Bonchev–Trinajstić information content (AvgIpc) is 2.76. The zero-order valence-corrected chi connectivity index (χ0v) is 16.6. The number of nitro groups is 2. The van der Waals surface area contributed by atoms with Gasteiger partial charge < -0.3 is 18.9 Å². The zero-order chi connectivity index (χ0) is 23.1. The molecule has 3 rings (SSSR count). The van der Waals surface area contributed by atoms with E-state index in [0.717, 1.165) is 0 Å². The number of non-ortho nitro benzene ring substituents is 2. The Morgan fingerprint density at radius 3 is 1.25 bits per heavy atom. The Bertz CT molecular complexity index is 901. The van der Waals surface area contributed by atoms with Gasteiger partial charge in [-0.25, -0.2) is 9.59 Å². The van der Waals surface area contributed by atoms with E-state index in [4.69, 9.17) is 18.9 Å². The lowest BCUT2D eigenvalue weighted by molar-refractivity contribution is -0.385. The molecule has 2 aromatic rings. The lowest BCUT2D eigenvalue weighted by Crippen LogP contribution is -2.31. The maximum atomic E-state index is 11.9. The van der Waals surface area contributed by atoms with Crippen molar-refractivity contribution in [2.45, 2.75) is 37.9 Å². The quantitative estimate of drug-likeness (QED) is 0.267. The summed E-state index contributed by atoms with van der Waals surface area (Å²) in [7, 11) is 0. The van der Waals surface area contributed by atoms with Gasteiger partial charge in [0.1, 0.15) is 23.7 Å². The minimum Gasteiger partial charge on any atom is -0.431 e. The molecule has 0 saturated heterocycles. The van der Waals surface area contributed by atoms with Gasteiger partial charge in [-0.2, -0.15) is 0 Å². The molecule has 0 aliphatic heterocycles. The van der Waals surface area contributed by atoms with Gasteiger partial charge >= 0.3 is 12.3 Å². The zero-order valence-electron chi connectivity index (χ0n) is 16.6. The van der Waals surface area contributed by atoms with E-state index in [9.17, 15) is 29.8 Å². The van der Waals surface area contributed by atoms with E-state index in [2.05, 4.69) is 0 Å². The van der Waals surface area contributed by atoms with Crippen LogP contribution in [0.25, 0.3) is 0 Å². The van der Waals surface area contributed by atoms with Crippen LogP contribution in [0.15, 0.2) is 48.5 Å². The molecule has 0 heterocycles. The Morgan fingerprint density at radius 1 is 0.656 bits per heavy atom. The van der Waals surface area contributed by atoms with Crippen LogP contribution in [0.3, 0.4) is 0 Å². The highest BCUT2D eigenvalue weighted by molar-refractivity contribution is 5.65. The van der Waals surface area contributed by atoms with Crippen LogP contribution in [0.2, 0.25) is 0 Å². The van der Waals surface area contributed by atoms with Crippen LogP contribution in [-0.4, -0.2) is 34.4 Å². The minimum absolute atomic E-state index is 0.117. The van der Waals surface area contributed by atoms with Crippen LogP contribution >= 0.6 is 0 Å². The SMILES string of the molecule is O=C(Oc1ccc([N+](=O)[O-])cc1)OC1CCC(OC(=O)Oc2ccc([N+](=O)[O-])cc2)CC1. The molecule has 12 nitrogen and oxygen atoms in total. The molecule has 32 heavy (non-hydrogen) atoms. The fourth-order valence-electron chi connectivity index (χ4n) is 3.05. The van der Waals surface area contributed by atoms with E-state index >= 15 is 0 Å². The van der Waals surface area contributed by atoms with Gasteiger partial charge in [-0.1, -0.05) is 0 Å². The number of nitrogens with zero attached hydrogens (tertiary/aromatic N) is 2. The van der Waals surface area contributed by atoms with E-state index in [1.165, 1.54) is 48.5 Å². The van der Waals surface area contributed by atoms with Crippen LogP contribution in [0.1, 0.15) is 25.7 Å². The largest absolute Gasteiger partial charge is 0.514 e. The summed E-state index contributed by atoms with van der Waals surface area (Å²) in [5.41, 5.74) is -0.257. The van der Waals surface area contributed by atoms with Crippen LogP contribution in [0, 0.1) is 20.2 Å². The van der Waals surface area contributed by atoms with Crippen molar-refractivity contribution >= 4 is 23.7 Å². The van der Waals surface area contributed by atoms with Crippen LogP contribution in [0.4, 0.5) is 21.0 Å². The fourth-order valence-corrected chi connectivity index (χ4v) is 3.05. The lowest BCUT2D eigenvalue weighted by atomic mass is 9.95. The summed E-state index contributed by atoms with van der Waals surface area (Å²) in [5, 5.41) is 21.3. The molecule has 0 N–H and O–H groups in total. The van der Waals surface area contributed by atoms with E-state index < -0.39 is 34.4 Å². The number of carbonyl (C=O) groups is 2. The van der Waals surface area contributed by atoms with Gasteiger partial charge in [0.25, 0.3) is 11.4 Å². The Labute approximate surface area is 180 Å². The molecular formula is C20H18N2O10. The third kappa shape index (κ3) is 6.39. The Morgan fingerprint density at radius 2 is 0.969 bits per heavy atom. The second-order valence-corrected chi connectivity index (χ2v) is 6.84. The van der Waals surface area contributed by atoms with Crippen molar-refractivity contribution in [1.29, 1.82) is 0 Å². The van der Waals surface area contributed by atoms with Crippen molar-refractivity contribution in [1.82, 2.24) is 0 Å². The van der Waals surface area contributed by atoms with Gasteiger partial charge in [0.15, 0.2) is 0 Å². The molecule has 1 aliphatic rings. The van der Waals surface area contributed by atoms with Gasteiger partial charge in [-0.3, -0.25) is 20.2 Å². The minimum atomic E-state index is -0.930. The third-order valence-electron chi connectivity index (χ3n) is 4.64. The molecule has 0 amide bonds. The molecule has 0 bridgehead atoms. The molecule has 0 aromatic heterocycles. The van der Waals surface area contributed by atoms with E-state index in [0.29, 0.717) is 25.7 Å². The first kappa shape index (κ1) is 22.5. The van der Waals surface area contributed by atoms with E-state index in [-0.39, 0.29) is 22.9 Å². The highest BCUT2D eigenvalue weighted by atomic mass is 16.7. The van der Waals surface area contributed by atoms with Gasteiger partial charge in [0, 0.05) is 24.3 Å². The topological polar surface area (TPSA) is 157 Å². The van der Waals surface area contributed by atoms with Crippen molar-refractivity contribution < 1.29 is 38.4 Å². The lowest BCUT2D eigenvalue weighted by Gasteiger charge is -2.27. The predicted octanol–water partition coefficient (Wildman–Crippen LogP) is 4.55. The number of rotatable bonds is 6. The second-order valence-electron chi connectivity index (χ2n) is 6.84. The first-order valence-electron chi connectivity index (χ1n) is 9.56. The van der Waals surface area contributed by atoms with Crippen molar-refractivity contribution in [2.24, 2.45) is 0 Å². The van der Waals surface area contributed by atoms with Gasteiger partial charge in [0.05, 0.1) is 9.85 Å². The maximum absolute atomic E-state index is 11.9. The predicted molar refractivity (Wildman–Crippen MR) is 106 cm³/mol. The van der Waals surface area contributed by atoms with Crippen LogP contribution < -0.4 is 9.47 Å². The molecule has 1 aliphatic carbocycles. The van der Waals surface area contributed by atoms with Gasteiger partial charge in [-0.15, -0.1) is 0 Å². The first-order chi connectivity index (χ1) is 15.3. The average molecular weight is 446 g/mol. The summed E-state index contributed by atoms with van der Waals surface area (Å²) in [4.78, 5) is 43.9. The molecule has 0 unspecified atom stereocenters. The third-order valence-corrected chi connectivity index (χ3v) is 4.64. The number of ether oxygens (including phenoxy) is 4. The molecule has 2 aromatic carbocycles. The number of nitro benzene ring substituents is 2. The first-order valence-corrected chi connectivity index (χ1v) is 9.56. The van der Waals surface area contributed by atoms with Crippen molar-refractivity contribution in [3.8, 4) is 11.5 Å². The highest BCUT2D eigenvalue weighted by Crippen LogP contribution is 2.26. The van der Waals surface area contributed by atoms with Crippen LogP contribution in [0.5, 0.6) is 11.5 Å². The summed E-state index contributed by atoms with van der Waals surface area (Å²) < 4.78 is 20.5. The van der Waals surface area contributed by atoms with Crippen LogP contribution in [-0.2, 0) is 9.47 Å². The standard InChI is InChI=1S/C20H18N2O10/c23-19(29-15-5-1-13(2-6-15)21(25)26)31-17-9-11-18(12-10-17)32-20(24)30-16-7-3-14(4-8-16)22(27)28/h1-8,17-18H,9-12H2. The van der Waals surface area contributed by atoms with Crippen molar-refractivity contribution in [3.63, 3.8) is 0 Å². The molecule has 168 valence electrons. The summed E-state index contributed by atoms with van der Waals surface area (Å²) in [6.07, 6.45) is -0.968. The molecule has 12 heteroatoms. The number of carbonyl (C=O) groups excluding carboxylic acids is 2. The summed E-state index contributed by atoms with van der Waals surface area (Å²) in [6, 6.07) is 10.0. The Balaban J connectivity index is 1.38. The summed E-state index contributed by atoms with van der Waals surface area (Å²) >= 11 is 0. The molecular weight excluding hydrogens is 428 g/mol. The van der Waals surface area contributed by atoms with Crippen molar-refractivity contribution in [3.05, 3.63) is 68.8 Å². The Hall–Kier alpha value is -4.22. The van der Waals surface area contributed by atoms with E-state index in [1.807, 2.05) is 0 Å². The monoisotopic (exact) mass is 446 g/mol.